The van der Waals surface area contributed by atoms with E-state index in [0.717, 1.165) is 0 Å². The van der Waals surface area contributed by atoms with Crippen LogP contribution >= 0.6 is 0 Å². The largest absolute Gasteiger partial charge is 0.493 e. The molecule has 0 spiro atoms. The average molecular weight is 249 g/mol. The number of hydrogen-bond acceptors (Lipinski definition) is 5. The molecule has 1 aromatic rings. The van der Waals surface area contributed by atoms with Crippen molar-refractivity contribution in [1.82, 2.24) is 5.32 Å². The highest BCUT2D eigenvalue weighted by molar-refractivity contribution is 5.77. The van der Waals surface area contributed by atoms with Crippen LogP contribution in [0.1, 0.15) is 6.42 Å². The molecule has 1 aromatic carbocycles. The van der Waals surface area contributed by atoms with Crippen LogP contribution in [-0.2, 0) is 4.79 Å². The molecular formula is C12H15N3O3. The summed E-state index contributed by atoms with van der Waals surface area (Å²) in [6, 6.07) is 6.84. The van der Waals surface area contributed by atoms with Gasteiger partial charge in [0.05, 0.1) is 19.6 Å². The maximum atomic E-state index is 11.3. The molecule has 0 saturated heterocycles. The highest BCUT2D eigenvalue weighted by atomic mass is 16.5. The Kier molecular flexibility index (Phi) is 5.32. The standard InChI is InChI=1S/C12H15N3O3/c1-17-11-7-9(14)3-4-10(11)18-8-12(16)15-6-2-5-13/h3-4,7H,2,6,8,14H2,1H3,(H,15,16). The Morgan fingerprint density at radius 3 is 2.94 bits per heavy atom. The van der Waals surface area contributed by atoms with Gasteiger partial charge in [-0.25, -0.2) is 0 Å². The number of nitriles is 1. The van der Waals surface area contributed by atoms with Gasteiger partial charge in [0, 0.05) is 18.3 Å². The third-order valence-electron chi connectivity index (χ3n) is 2.11. The minimum Gasteiger partial charge on any atom is -0.493 e. The zero-order valence-corrected chi connectivity index (χ0v) is 10.1. The van der Waals surface area contributed by atoms with Gasteiger partial charge in [0.1, 0.15) is 0 Å². The predicted molar refractivity (Wildman–Crippen MR) is 66.1 cm³/mol. The van der Waals surface area contributed by atoms with Crippen molar-refractivity contribution in [3.05, 3.63) is 18.2 Å². The lowest BCUT2D eigenvalue weighted by Gasteiger charge is -2.10. The van der Waals surface area contributed by atoms with Gasteiger partial charge in [-0.15, -0.1) is 0 Å². The fraction of sp³-hybridized carbons (Fsp3) is 0.333. The highest BCUT2D eigenvalue weighted by Crippen LogP contribution is 2.28. The van der Waals surface area contributed by atoms with Gasteiger partial charge in [-0.3, -0.25) is 4.79 Å². The van der Waals surface area contributed by atoms with Gasteiger partial charge in [-0.1, -0.05) is 0 Å². The van der Waals surface area contributed by atoms with Crippen molar-refractivity contribution in [2.75, 3.05) is 26.0 Å². The summed E-state index contributed by atoms with van der Waals surface area (Å²) in [6.07, 6.45) is 0.275. The van der Waals surface area contributed by atoms with Crippen LogP contribution in [0.25, 0.3) is 0 Å². The lowest BCUT2D eigenvalue weighted by Crippen LogP contribution is -2.29. The molecule has 18 heavy (non-hydrogen) atoms. The van der Waals surface area contributed by atoms with E-state index in [4.69, 9.17) is 20.5 Å². The van der Waals surface area contributed by atoms with Crippen molar-refractivity contribution in [2.45, 2.75) is 6.42 Å². The van der Waals surface area contributed by atoms with Crippen LogP contribution in [0.2, 0.25) is 0 Å². The molecule has 6 nitrogen and oxygen atoms in total. The summed E-state index contributed by atoms with van der Waals surface area (Å²) in [5.41, 5.74) is 6.15. The molecule has 0 heterocycles. The van der Waals surface area contributed by atoms with Crippen LogP contribution in [0.5, 0.6) is 11.5 Å². The number of nitrogen functional groups attached to an aromatic ring is 1. The summed E-state index contributed by atoms with van der Waals surface area (Å²) in [4.78, 5) is 11.3. The second-order valence-electron chi connectivity index (χ2n) is 3.46. The molecule has 0 radical (unpaired) electrons. The number of ether oxygens (including phenoxy) is 2. The Morgan fingerprint density at radius 2 is 2.28 bits per heavy atom. The first-order valence-electron chi connectivity index (χ1n) is 5.37. The van der Waals surface area contributed by atoms with E-state index in [1.807, 2.05) is 6.07 Å². The molecule has 0 aliphatic carbocycles. The maximum absolute atomic E-state index is 11.3. The molecule has 1 rings (SSSR count). The number of methoxy groups -OCH3 is 1. The number of anilines is 1. The van der Waals surface area contributed by atoms with Gasteiger partial charge in [0.15, 0.2) is 18.1 Å². The normalized spacial score (nSPS) is 9.33. The third kappa shape index (κ3) is 4.22. The number of nitrogens with zero attached hydrogens (tertiary/aromatic N) is 1. The molecule has 6 heteroatoms. The van der Waals surface area contributed by atoms with Gasteiger partial charge >= 0.3 is 0 Å². The first-order valence-corrected chi connectivity index (χ1v) is 5.37. The van der Waals surface area contributed by atoms with Crippen molar-refractivity contribution in [3.8, 4) is 17.6 Å². The van der Waals surface area contributed by atoms with E-state index in [0.29, 0.717) is 23.7 Å². The predicted octanol–water partition coefficient (Wildman–Crippen LogP) is 0.686. The summed E-state index contributed by atoms with van der Waals surface area (Å²) in [5.74, 6) is 0.631. The Labute approximate surface area is 105 Å². The number of nitrogens with two attached hydrogens (primary N) is 1. The fourth-order valence-electron chi connectivity index (χ4n) is 1.26. The summed E-state index contributed by atoms with van der Waals surface area (Å²) >= 11 is 0. The van der Waals surface area contributed by atoms with Crippen molar-refractivity contribution >= 4 is 11.6 Å². The first kappa shape index (κ1) is 13.6. The van der Waals surface area contributed by atoms with E-state index in [-0.39, 0.29) is 18.9 Å². The number of carbonyl (C=O) groups excluding carboxylic acids is 1. The minimum atomic E-state index is -0.288. The van der Waals surface area contributed by atoms with E-state index in [1.165, 1.54) is 7.11 Å². The topological polar surface area (TPSA) is 97.4 Å². The van der Waals surface area contributed by atoms with Crippen molar-refractivity contribution in [1.29, 1.82) is 5.26 Å². The molecule has 0 aliphatic heterocycles. The third-order valence-corrected chi connectivity index (χ3v) is 2.11. The monoisotopic (exact) mass is 249 g/mol. The molecule has 0 bridgehead atoms. The molecular weight excluding hydrogens is 234 g/mol. The van der Waals surface area contributed by atoms with Gasteiger partial charge in [-0.2, -0.15) is 5.26 Å². The first-order chi connectivity index (χ1) is 8.67. The van der Waals surface area contributed by atoms with E-state index in [9.17, 15) is 4.79 Å². The SMILES string of the molecule is COc1cc(N)ccc1OCC(=O)NCCC#N. The summed E-state index contributed by atoms with van der Waals surface area (Å²) in [5, 5.41) is 10.9. The lowest BCUT2D eigenvalue weighted by molar-refractivity contribution is -0.123. The van der Waals surface area contributed by atoms with Crippen LogP contribution in [-0.4, -0.2) is 26.2 Å². The molecule has 96 valence electrons. The Morgan fingerprint density at radius 1 is 1.50 bits per heavy atom. The number of carbonyl (C=O) groups is 1. The average Bonchev–Trinajstić information content (AvgIpc) is 2.37. The molecule has 0 atom stereocenters. The second-order valence-corrected chi connectivity index (χ2v) is 3.46. The quantitative estimate of drug-likeness (QED) is 0.571. The Hall–Kier alpha value is -2.42. The van der Waals surface area contributed by atoms with E-state index in [2.05, 4.69) is 5.32 Å². The molecule has 0 fully saturated rings. The van der Waals surface area contributed by atoms with Gasteiger partial charge in [-0.05, 0) is 12.1 Å². The van der Waals surface area contributed by atoms with Gasteiger partial charge < -0.3 is 20.5 Å². The van der Waals surface area contributed by atoms with E-state index < -0.39 is 0 Å². The summed E-state index contributed by atoms with van der Waals surface area (Å²) in [6.45, 7) is 0.184. The molecule has 0 unspecified atom stereocenters. The van der Waals surface area contributed by atoms with Crippen LogP contribution < -0.4 is 20.5 Å². The van der Waals surface area contributed by atoms with Crippen LogP contribution in [0, 0.1) is 11.3 Å². The molecule has 0 aliphatic rings. The maximum Gasteiger partial charge on any atom is 0.257 e. The van der Waals surface area contributed by atoms with Gasteiger partial charge in [0.25, 0.3) is 5.91 Å². The smallest absolute Gasteiger partial charge is 0.257 e. The number of benzene rings is 1. The van der Waals surface area contributed by atoms with Crippen molar-refractivity contribution in [2.24, 2.45) is 0 Å². The van der Waals surface area contributed by atoms with Crippen LogP contribution in [0.3, 0.4) is 0 Å². The fourth-order valence-corrected chi connectivity index (χ4v) is 1.26. The minimum absolute atomic E-state index is 0.133. The van der Waals surface area contributed by atoms with E-state index >= 15 is 0 Å². The second kappa shape index (κ2) is 7.01. The van der Waals surface area contributed by atoms with E-state index in [1.54, 1.807) is 18.2 Å². The Bertz CT molecular complexity index is 454. The molecule has 0 saturated carbocycles. The summed E-state index contributed by atoms with van der Waals surface area (Å²) < 4.78 is 10.4. The number of hydrogen-bond donors (Lipinski definition) is 2. The zero-order valence-electron chi connectivity index (χ0n) is 10.1. The van der Waals surface area contributed by atoms with Crippen molar-refractivity contribution in [3.63, 3.8) is 0 Å². The molecule has 1 amide bonds. The number of nitrogens with one attached hydrogen (secondary N) is 1. The zero-order chi connectivity index (χ0) is 13.4. The lowest BCUT2D eigenvalue weighted by atomic mass is 10.3. The van der Waals surface area contributed by atoms with Gasteiger partial charge in [0.2, 0.25) is 0 Å². The number of amides is 1. The molecule has 3 N–H and O–H groups in total. The summed E-state index contributed by atoms with van der Waals surface area (Å²) in [7, 11) is 1.49. The van der Waals surface area contributed by atoms with Crippen LogP contribution in [0.4, 0.5) is 5.69 Å². The Balaban J connectivity index is 2.48. The number of rotatable bonds is 6. The molecule has 0 aromatic heterocycles. The van der Waals surface area contributed by atoms with Crippen LogP contribution in [0.15, 0.2) is 18.2 Å². The highest BCUT2D eigenvalue weighted by Gasteiger charge is 2.07. The van der Waals surface area contributed by atoms with Crippen molar-refractivity contribution < 1.29 is 14.3 Å².